The van der Waals surface area contributed by atoms with Gasteiger partial charge in [0.15, 0.2) is 11.0 Å². The molecule has 0 saturated heterocycles. The Balaban J connectivity index is 1.71. The molecule has 0 atom stereocenters. The number of rotatable bonds is 8. The van der Waals surface area contributed by atoms with Crippen LogP contribution in [0.25, 0.3) is 11.4 Å². The molecule has 29 heavy (non-hydrogen) atoms. The van der Waals surface area contributed by atoms with Crippen LogP contribution in [0.4, 0.5) is 5.00 Å². The van der Waals surface area contributed by atoms with E-state index in [9.17, 15) is 9.59 Å². The lowest BCUT2D eigenvalue weighted by molar-refractivity contribution is -0.113. The first-order chi connectivity index (χ1) is 14.0. The van der Waals surface area contributed by atoms with E-state index in [4.69, 9.17) is 16.3 Å². The first kappa shape index (κ1) is 21.1. The SMILES string of the molecule is C=CCn1c(SCC(=O)Nc2sccc2C(=O)OC)nnc1-c1ccc(Cl)cc1. The molecule has 0 unspecified atom stereocenters. The van der Waals surface area contributed by atoms with Crippen molar-refractivity contribution in [1.29, 1.82) is 0 Å². The molecule has 0 fully saturated rings. The topological polar surface area (TPSA) is 86.1 Å². The quantitative estimate of drug-likeness (QED) is 0.313. The molecule has 0 bridgehead atoms. The number of amides is 1. The third-order valence-electron chi connectivity index (χ3n) is 3.79. The number of nitrogens with zero attached hydrogens (tertiary/aromatic N) is 3. The maximum absolute atomic E-state index is 12.4. The van der Waals surface area contributed by atoms with Crippen LogP contribution in [0.15, 0.2) is 53.5 Å². The Kier molecular flexibility index (Phi) is 7.08. The number of nitrogens with one attached hydrogen (secondary N) is 1. The number of hydrogen-bond acceptors (Lipinski definition) is 7. The van der Waals surface area contributed by atoms with Gasteiger partial charge in [0.1, 0.15) is 5.00 Å². The van der Waals surface area contributed by atoms with Crippen LogP contribution in [-0.2, 0) is 16.1 Å². The lowest BCUT2D eigenvalue weighted by atomic mass is 10.2. The lowest BCUT2D eigenvalue weighted by Gasteiger charge is -2.08. The van der Waals surface area contributed by atoms with E-state index in [1.54, 1.807) is 29.7 Å². The van der Waals surface area contributed by atoms with Gasteiger partial charge in [-0.2, -0.15) is 0 Å². The van der Waals surface area contributed by atoms with Crippen LogP contribution < -0.4 is 5.32 Å². The van der Waals surface area contributed by atoms with Crippen molar-refractivity contribution >= 4 is 51.6 Å². The summed E-state index contributed by atoms with van der Waals surface area (Å²) in [5, 5.41) is 14.6. The van der Waals surface area contributed by atoms with Crippen LogP contribution in [0.3, 0.4) is 0 Å². The number of aromatic nitrogens is 3. The molecule has 10 heteroatoms. The Hall–Kier alpha value is -2.62. The van der Waals surface area contributed by atoms with E-state index in [0.717, 1.165) is 5.56 Å². The maximum atomic E-state index is 12.4. The van der Waals surface area contributed by atoms with E-state index < -0.39 is 5.97 Å². The second-order valence-electron chi connectivity index (χ2n) is 5.70. The highest BCUT2D eigenvalue weighted by atomic mass is 35.5. The van der Waals surface area contributed by atoms with Gasteiger partial charge in [-0.05, 0) is 35.7 Å². The van der Waals surface area contributed by atoms with E-state index >= 15 is 0 Å². The highest BCUT2D eigenvalue weighted by Crippen LogP contribution is 2.27. The zero-order valence-electron chi connectivity index (χ0n) is 15.4. The number of carbonyl (C=O) groups excluding carboxylic acids is 2. The predicted molar refractivity (Wildman–Crippen MR) is 116 cm³/mol. The third-order valence-corrected chi connectivity index (χ3v) is 5.84. The Morgan fingerprint density at radius 3 is 2.76 bits per heavy atom. The molecule has 0 saturated carbocycles. The summed E-state index contributed by atoms with van der Waals surface area (Å²) in [5.41, 5.74) is 1.19. The number of allylic oxidation sites excluding steroid dienone is 1. The Morgan fingerprint density at radius 2 is 2.07 bits per heavy atom. The molecule has 150 valence electrons. The second kappa shape index (κ2) is 9.73. The third kappa shape index (κ3) is 5.06. The fraction of sp³-hybridized carbons (Fsp3) is 0.158. The molecule has 1 aromatic carbocycles. The van der Waals surface area contributed by atoms with Gasteiger partial charge in [-0.1, -0.05) is 29.4 Å². The number of ether oxygens (including phenoxy) is 1. The molecule has 3 aromatic rings. The molecule has 1 amide bonds. The van der Waals surface area contributed by atoms with Gasteiger partial charge in [0.25, 0.3) is 0 Å². The number of benzene rings is 1. The highest BCUT2D eigenvalue weighted by Gasteiger charge is 2.18. The number of thiophene rings is 1. The number of hydrogen-bond donors (Lipinski definition) is 1. The summed E-state index contributed by atoms with van der Waals surface area (Å²) >= 11 is 8.46. The van der Waals surface area contributed by atoms with Crippen molar-refractivity contribution in [2.75, 3.05) is 18.2 Å². The van der Waals surface area contributed by atoms with Crippen LogP contribution in [0, 0.1) is 0 Å². The van der Waals surface area contributed by atoms with Gasteiger partial charge >= 0.3 is 5.97 Å². The summed E-state index contributed by atoms with van der Waals surface area (Å²) in [6, 6.07) is 8.89. The van der Waals surface area contributed by atoms with Crippen molar-refractivity contribution in [3.05, 3.63) is 59.0 Å². The molecular formula is C19H17ClN4O3S2. The van der Waals surface area contributed by atoms with Crippen molar-refractivity contribution < 1.29 is 14.3 Å². The van der Waals surface area contributed by atoms with Crippen molar-refractivity contribution in [1.82, 2.24) is 14.8 Å². The first-order valence-electron chi connectivity index (χ1n) is 8.42. The minimum atomic E-state index is -0.493. The standard InChI is InChI=1S/C19H17ClN4O3S2/c1-3-9-24-16(12-4-6-13(20)7-5-12)22-23-19(24)29-11-15(25)21-17-14(8-10-28-17)18(26)27-2/h3-8,10H,1,9,11H2,2H3,(H,21,25). The van der Waals surface area contributed by atoms with Gasteiger partial charge in [-0.15, -0.1) is 28.1 Å². The van der Waals surface area contributed by atoms with Crippen LogP contribution in [0.5, 0.6) is 0 Å². The van der Waals surface area contributed by atoms with Gasteiger partial charge in [0.2, 0.25) is 5.91 Å². The molecule has 2 aromatic heterocycles. The molecule has 2 heterocycles. The summed E-state index contributed by atoms with van der Waals surface area (Å²) in [4.78, 5) is 24.1. The average Bonchev–Trinajstić information content (AvgIpc) is 3.34. The van der Waals surface area contributed by atoms with Gasteiger partial charge in [0, 0.05) is 17.1 Å². The van der Waals surface area contributed by atoms with Crippen molar-refractivity contribution in [3.8, 4) is 11.4 Å². The fourth-order valence-electron chi connectivity index (χ4n) is 2.47. The van der Waals surface area contributed by atoms with Crippen molar-refractivity contribution in [3.63, 3.8) is 0 Å². The second-order valence-corrected chi connectivity index (χ2v) is 8.00. The van der Waals surface area contributed by atoms with Gasteiger partial charge in [-0.3, -0.25) is 9.36 Å². The molecule has 7 nitrogen and oxygen atoms in total. The van der Waals surface area contributed by atoms with Gasteiger partial charge in [0.05, 0.1) is 18.4 Å². The normalized spacial score (nSPS) is 10.6. The Labute approximate surface area is 180 Å². The summed E-state index contributed by atoms with van der Waals surface area (Å²) < 4.78 is 6.59. The number of anilines is 1. The Bertz CT molecular complexity index is 1030. The smallest absolute Gasteiger partial charge is 0.340 e. The number of carbonyl (C=O) groups is 2. The van der Waals surface area contributed by atoms with Gasteiger partial charge < -0.3 is 10.1 Å². The molecule has 0 spiro atoms. The van der Waals surface area contributed by atoms with Gasteiger partial charge in [-0.25, -0.2) is 4.79 Å². The molecular weight excluding hydrogens is 432 g/mol. The molecule has 1 N–H and O–H groups in total. The number of methoxy groups -OCH3 is 1. The van der Waals surface area contributed by atoms with Crippen molar-refractivity contribution in [2.24, 2.45) is 0 Å². The van der Waals surface area contributed by atoms with E-state index in [2.05, 4.69) is 22.1 Å². The van der Waals surface area contributed by atoms with Crippen LogP contribution in [0.2, 0.25) is 5.02 Å². The average molecular weight is 449 g/mol. The molecule has 0 aliphatic carbocycles. The summed E-state index contributed by atoms with van der Waals surface area (Å²) in [7, 11) is 1.30. The number of thioether (sulfide) groups is 1. The number of esters is 1. The fourth-order valence-corrected chi connectivity index (χ4v) is 4.14. The summed E-state index contributed by atoms with van der Waals surface area (Å²) in [6.07, 6.45) is 1.74. The predicted octanol–water partition coefficient (Wildman–Crippen LogP) is 4.36. The zero-order chi connectivity index (χ0) is 20.8. The van der Waals surface area contributed by atoms with Crippen molar-refractivity contribution in [2.45, 2.75) is 11.7 Å². The lowest BCUT2D eigenvalue weighted by Crippen LogP contribution is -2.16. The van der Waals surface area contributed by atoms with E-state index in [-0.39, 0.29) is 11.7 Å². The maximum Gasteiger partial charge on any atom is 0.340 e. The minimum Gasteiger partial charge on any atom is -0.465 e. The number of halogens is 1. The molecule has 3 rings (SSSR count). The Morgan fingerprint density at radius 1 is 1.31 bits per heavy atom. The minimum absolute atomic E-state index is 0.106. The molecule has 0 radical (unpaired) electrons. The monoisotopic (exact) mass is 448 g/mol. The van der Waals surface area contributed by atoms with E-state index in [0.29, 0.717) is 33.1 Å². The molecule has 0 aliphatic heterocycles. The summed E-state index contributed by atoms with van der Waals surface area (Å²) in [5.74, 6) is 0.0149. The zero-order valence-corrected chi connectivity index (χ0v) is 17.8. The van der Waals surface area contributed by atoms with Crippen LogP contribution in [-0.4, -0.2) is 39.5 Å². The first-order valence-corrected chi connectivity index (χ1v) is 10.7. The van der Waals surface area contributed by atoms with E-state index in [1.165, 1.54) is 30.2 Å². The largest absolute Gasteiger partial charge is 0.465 e. The van der Waals surface area contributed by atoms with E-state index in [1.807, 2.05) is 16.7 Å². The highest BCUT2D eigenvalue weighted by molar-refractivity contribution is 7.99. The van der Waals surface area contributed by atoms with Crippen LogP contribution >= 0.6 is 34.7 Å². The van der Waals surface area contributed by atoms with Crippen LogP contribution in [0.1, 0.15) is 10.4 Å². The summed E-state index contributed by atoms with van der Waals surface area (Å²) in [6.45, 7) is 4.27. The molecule has 0 aliphatic rings.